The third-order valence-electron chi connectivity index (χ3n) is 4.55. The van der Waals surface area contributed by atoms with Crippen molar-refractivity contribution in [2.45, 2.75) is 25.3 Å². The maximum Gasteiger partial charge on any atom is 0.243 e. The van der Waals surface area contributed by atoms with E-state index in [2.05, 4.69) is 10.6 Å². The molecule has 1 unspecified atom stereocenters. The smallest absolute Gasteiger partial charge is 0.243 e. The number of nitrogens with zero attached hydrogens (tertiary/aromatic N) is 1. The van der Waals surface area contributed by atoms with Crippen molar-refractivity contribution in [2.75, 3.05) is 18.4 Å². The molecule has 0 radical (unpaired) electrons. The minimum Gasteiger partial charge on any atom is -0.345 e. The summed E-state index contributed by atoms with van der Waals surface area (Å²) in [5.41, 5.74) is 1.60. The molecule has 1 saturated heterocycles. The van der Waals surface area contributed by atoms with Crippen molar-refractivity contribution in [3.8, 4) is 0 Å². The van der Waals surface area contributed by atoms with Crippen molar-refractivity contribution >= 4 is 23.4 Å². The summed E-state index contributed by atoms with van der Waals surface area (Å²) in [4.78, 5) is 38.7. The van der Waals surface area contributed by atoms with E-state index in [9.17, 15) is 14.4 Å². The zero-order chi connectivity index (χ0) is 19.1. The largest absolute Gasteiger partial charge is 0.345 e. The number of rotatable bonds is 6. The van der Waals surface area contributed by atoms with E-state index in [1.165, 1.54) is 0 Å². The van der Waals surface area contributed by atoms with Crippen LogP contribution >= 0.6 is 0 Å². The molecule has 2 aromatic rings. The Hall–Kier alpha value is -3.15. The van der Waals surface area contributed by atoms with Gasteiger partial charge in [0.15, 0.2) is 0 Å². The first-order valence-electron chi connectivity index (χ1n) is 9.09. The Labute approximate surface area is 158 Å². The second-order valence-corrected chi connectivity index (χ2v) is 6.54. The summed E-state index contributed by atoms with van der Waals surface area (Å²) in [6.45, 7) is 0.449. The third-order valence-corrected chi connectivity index (χ3v) is 4.55. The van der Waals surface area contributed by atoms with Gasteiger partial charge in [0.25, 0.3) is 0 Å². The number of anilines is 1. The Balaban J connectivity index is 1.51. The molecular weight excluding hydrogens is 342 g/mol. The first-order chi connectivity index (χ1) is 13.1. The summed E-state index contributed by atoms with van der Waals surface area (Å²) in [5.74, 6) is -0.639. The van der Waals surface area contributed by atoms with Crippen LogP contribution in [0.2, 0.25) is 0 Å². The lowest BCUT2D eigenvalue weighted by atomic mass is 10.1. The molecule has 0 bridgehead atoms. The van der Waals surface area contributed by atoms with Crippen LogP contribution < -0.4 is 10.6 Å². The Kier molecular flexibility index (Phi) is 6.20. The molecule has 6 nitrogen and oxygen atoms in total. The average Bonchev–Trinajstić information content (AvgIpc) is 3.18. The van der Waals surface area contributed by atoms with Crippen LogP contribution in [0.1, 0.15) is 18.4 Å². The first-order valence-corrected chi connectivity index (χ1v) is 9.09. The van der Waals surface area contributed by atoms with Crippen LogP contribution in [0.15, 0.2) is 60.7 Å². The third kappa shape index (κ3) is 5.17. The molecule has 2 N–H and O–H groups in total. The lowest BCUT2D eigenvalue weighted by Gasteiger charge is -2.24. The van der Waals surface area contributed by atoms with E-state index in [1.807, 2.05) is 48.5 Å². The maximum absolute atomic E-state index is 12.6. The summed E-state index contributed by atoms with van der Waals surface area (Å²) >= 11 is 0. The van der Waals surface area contributed by atoms with Gasteiger partial charge in [0.2, 0.25) is 17.7 Å². The van der Waals surface area contributed by atoms with Gasteiger partial charge in [0.05, 0.1) is 13.0 Å². The van der Waals surface area contributed by atoms with E-state index in [-0.39, 0.29) is 30.7 Å². The number of nitrogens with one attached hydrogen (secondary N) is 2. The highest BCUT2D eigenvalue weighted by Gasteiger charge is 2.33. The fraction of sp³-hybridized carbons (Fsp3) is 0.286. The lowest BCUT2D eigenvalue weighted by molar-refractivity contribution is -0.138. The van der Waals surface area contributed by atoms with Gasteiger partial charge in [-0.2, -0.15) is 0 Å². The van der Waals surface area contributed by atoms with E-state index in [4.69, 9.17) is 0 Å². The second kappa shape index (κ2) is 8.98. The van der Waals surface area contributed by atoms with Gasteiger partial charge in [-0.05, 0) is 30.5 Å². The molecule has 3 rings (SSSR count). The number of para-hydroxylation sites is 1. The molecule has 0 aliphatic carbocycles. The fourth-order valence-corrected chi connectivity index (χ4v) is 3.22. The quantitative estimate of drug-likeness (QED) is 0.822. The van der Waals surface area contributed by atoms with Gasteiger partial charge in [0, 0.05) is 12.2 Å². The molecule has 27 heavy (non-hydrogen) atoms. The standard InChI is InChI=1S/C21H23N3O3/c25-19(23-17-10-5-2-6-11-17)15-22-21(27)18-12-7-13-24(18)20(26)14-16-8-3-1-4-9-16/h1-6,8-11,18H,7,12-15H2,(H,22,27)(H,23,25). The van der Waals surface area contributed by atoms with E-state index in [0.29, 0.717) is 18.7 Å². The lowest BCUT2D eigenvalue weighted by Crippen LogP contribution is -2.48. The number of likely N-dealkylation sites (tertiary alicyclic amines) is 1. The minimum atomic E-state index is -0.509. The van der Waals surface area contributed by atoms with Crippen molar-refractivity contribution in [3.05, 3.63) is 66.2 Å². The van der Waals surface area contributed by atoms with Crippen LogP contribution in [0.3, 0.4) is 0 Å². The monoisotopic (exact) mass is 365 g/mol. The van der Waals surface area contributed by atoms with Crippen molar-refractivity contribution in [3.63, 3.8) is 0 Å². The molecule has 0 spiro atoms. The van der Waals surface area contributed by atoms with Gasteiger partial charge in [-0.25, -0.2) is 0 Å². The normalized spacial score (nSPS) is 16.0. The number of carbonyl (C=O) groups excluding carboxylic acids is 3. The number of hydrogen-bond acceptors (Lipinski definition) is 3. The molecule has 0 aromatic heterocycles. The SMILES string of the molecule is O=C(CNC(=O)C1CCCN1C(=O)Cc1ccccc1)Nc1ccccc1. The van der Waals surface area contributed by atoms with E-state index in [0.717, 1.165) is 12.0 Å². The summed E-state index contributed by atoms with van der Waals surface area (Å²) in [7, 11) is 0. The van der Waals surface area contributed by atoms with Crippen LogP contribution in [0.25, 0.3) is 0 Å². The molecular formula is C21H23N3O3. The Morgan fingerprint density at radius 2 is 1.63 bits per heavy atom. The summed E-state index contributed by atoms with van der Waals surface area (Å²) < 4.78 is 0. The number of amides is 3. The van der Waals surface area contributed by atoms with Gasteiger partial charge in [-0.15, -0.1) is 0 Å². The molecule has 2 aromatic carbocycles. The zero-order valence-electron chi connectivity index (χ0n) is 15.1. The summed E-state index contributed by atoms with van der Waals surface area (Å²) in [6.07, 6.45) is 1.68. The predicted molar refractivity (Wildman–Crippen MR) is 103 cm³/mol. The number of carbonyl (C=O) groups is 3. The first kappa shape index (κ1) is 18.6. The van der Waals surface area contributed by atoms with Crippen LogP contribution in [0, 0.1) is 0 Å². The molecule has 1 atom stereocenters. The van der Waals surface area contributed by atoms with Gasteiger partial charge in [-0.3, -0.25) is 14.4 Å². The highest BCUT2D eigenvalue weighted by atomic mass is 16.2. The van der Waals surface area contributed by atoms with Crippen LogP contribution in [0.4, 0.5) is 5.69 Å². The van der Waals surface area contributed by atoms with Gasteiger partial charge in [0.1, 0.15) is 6.04 Å². The highest BCUT2D eigenvalue weighted by Crippen LogP contribution is 2.19. The Morgan fingerprint density at radius 3 is 2.33 bits per heavy atom. The van der Waals surface area contributed by atoms with Crippen molar-refractivity contribution in [1.29, 1.82) is 0 Å². The predicted octanol–water partition coefficient (Wildman–Crippen LogP) is 1.97. The Morgan fingerprint density at radius 1 is 0.963 bits per heavy atom. The van der Waals surface area contributed by atoms with Crippen LogP contribution in [0.5, 0.6) is 0 Å². The van der Waals surface area contributed by atoms with Crippen LogP contribution in [-0.2, 0) is 20.8 Å². The second-order valence-electron chi connectivity index (χ2n) is 6.54. The van der Waals surface area contributed by atoms with Gasteiger partial charge >= 0.3 is 0 Å². The average molecular weight is 365 g/mol. The van der Waals surface area contributed by atoms with Crippen molar-refractivity contribution in [1.82, 2.24) is 10.2 Å². The number of hydrogen-bond donors (Lipinski definition) is 2. The van der Waals surface area contributed by atoms with Gasteiger partial charge < -0.3 is 15.5 Å². The molecule has 1 heterocycles. The highest BCUT2D eigenvalue weighted by molar-refractivity contribution is 5.96. The van der Waals surface area contributed by atoms with Crippen molar-refractivity contribution in [2.24, 2.45) is 0 Å². The van der Waals surface area contributed by atoms with Crippen molar-refractivity contribution < 1.29 is 14.4 Å². The molecule has 3 amide bonds. The Bertz CT molecular complexity index is 793. The molecule has 1 aliphatic heterocycles. The zero-order valence-corrected chi connectivity index (χ0v) is 15.1. The van der Waals surface area contributed by atoms with E-state index in [1.54, 1.807) is 17.0 Å². The minimum absolute atomic E-state index is 0.0624. The van der Waals surface area contributed by atoms with E-state index >= 15 is 0 Å². The molecule has 6 heteroatoms. The topological polar surface area (TPSA) is 78.5 Å². The number of benzene rings is 2. The fourth-order valence-electron chi connectivity index (χ4n) is 3.22. The van der Waals surface area contributed by atoms with E-state index < -0.39 is 6.04 Å². The molecule has 140 valence electrons. The summed E-state index contributed by atoms with van der Waals surface area (Å²) in [6, 6.07) is 18.0. The maximum atomic E-state index is 12.6. The molecule has 1 fully saturated rings. The molecule has 1 aliphatic rings. The summed E-state index contributed by atoms with van der Waals surface area (Å²) in [5, 5.41) is 5.37. The molecule has 0 saturated carbocycles. The van der Waals surface area contributed by atoms with Gasteiger partial charge in [-0.1, -0.05) is 48.5 Å². The van der Waals surface area contributed by atoms with Crippen LogP contribution in [-0.4, -0.2) is 41.8 Å².